The lowest BCUT2D eigenvalue weighted by atomic mass is 9.86. The highest BCUT2D eigenvalue weighted by atomic mass is 35.7. The average molecular weight is 351 g/mol. The highest BCUT2D eigenvalue weighted by molar-refractivity contribution is 8.13. The quantitative estimate of drug-likeness (QED) is 0.565. The van der Waals surface area contributed by atoms with Gasteiger partial charge in [-0.3, -0.25) is 0 Å². The van der Waals surface area contributed by atoms with Crippen LogP contribution in [0.2, 0.25) is 0 Å². The zero-order valence-electron chi connectivity index (χ0n) is 13.2. The third kappa shape index (κ3) is 5.38. The first-order chi connectivity index (χ1) is 9.57. The maximum Gasteiger partial charge on any atom is 0.261 e. The van der Waals surface area contributed by atoms with Gasteiger partial charge in [0.1, 0.15) is 5.75 Å². The third-order valence-electron chi connectivity index (χ3n) is 3.04. The topological polar surface area (TPSA) is 43.4 Å². The van der Waals surface area contributed by atoms with E-state index in [4.69, 9.17) is 15.4 Å². The molecule has 0 heterocycles. The molecule has 1 aromatic rings. The molecule has 0 unspecified atom stereocenters. The van der Waals surface area contributed by atoms with E-state index in [0.717, 1.165) is 22.8 Å². The molecule has 0 aliphatic rings. The van der Waals surface area contributed by atoms with Gasteiger partial charge in [0.25, 0.3) is 9.05 Å². The molecule has 0 N–H and O–H groups in total. The van der Waals surface area contributed by atoms with Crippen LogP contribution in [0.15, 0.2) is 17.0 Å². The van der Waals surface area contributed by atoms with Crippen molar-refractivity contribution < 1.29 is 13.2 Å². The van der Waals surface area contributed by atoms with Gasteiger partial charge in [-0.25, -0.2) is 8.42 Å². The molecule has 0 atom stereocenters. The Bertz CT molecular complexity index is 590. The van der Waals surface area contributed by atoms with Gasteiger partial charge in [-0.05, 0) is 35.8 Å². The van der Waals surface area contributed by atoms with Crippen LogP contribution in [0.4, 0.5) is 0 Å². The Balaban J connectivity index is 3.21. The van der Waals surface area contributed by atoms with E-state index in [-0.39, 0.29) is 10.3 Å². The first-order valence-corrected chi connectivity index (χ1v) is 10.3. The fraction of sp³-hybridized carbons (Fsp3) is 0.600. The zero-order chi connectivity index (χ0) is 16.3. The van der Waals surface area contributed by atoms with Gasteiger partial charge < -0.3 is 4.74 Å². The molecule has 0 aromatic heterocycles. The van der Waals surface area contributed by atoms with Crippen molar-refractivity contribution in [1.29, 1.82) is 0 Å². The zero-order valence-corrected chi connectivity index (χ0v) is 15.6. The van der Waals surface area contributed by atoms with Gasteiger partial charge in [0, 0.05) is 22.0 Å². The highest BCUT2D eigenvalue weighted by Gasteiger charge is 2.24. The van der Waals surface area contributed by atoms with Gasteiger partial charge in [-0.15, -0.1) is 0 Å². The lowest BCUT2D eigenvalue weighted by molar-refractivity contribution is 0.332. The van der Waals surface area contributed by atoms with E-state index in [9.17, 15) is 8.42 Å². The molecule has 0 aliphatic carbocycles. The minimum absolute atomic E-state index is 0.157. The van der Waals surface area contributed by atoms with Gasteiger partial charge >= 0.3 is 0 Å². The van der Waals surface area contributed by atoms with Crippen LogP contribution in [0.1, 0.15) is 38.8 Å². The van der Waals surface area contributed by atoms with Crippen LogP contribution in [0, 0.1) is 6.92 Å². The molecule has 21 heavy (non-hydrogen) atoms. The molecule has 3 nitrogen and oxygen atoms in total. The molecular formula is C15H23ClO3S2. The molecular weight excluding hydrogens is 328 g/mol. The van der Waals surface area contributed by atoms with Gasteiger partial charge in [-0.2, -0.15) is 11.8 Å². The van der Waals surface area contributed by atoms with E-state index in [1.165, 1.54) is 0 Å². The standard InChI is InChI=1S/C15H23ClO3S2/c1-6-20-8-7-19-13-9-11(2)14(21(16,17)18)10-12(13)15(3,4)5/h9-10H,6-8H2,1-5H3. The Morgan fingerprint density at radius 3 is 2.38 bits per heavy atom. The number of hydrogen-bond acceptors (Lipinski definition) is 4. The van der Waals surface area contributed by atoms with E-state index < -0.39 is 9.05 Å². The van der Waals surface area contributed by atoms with Crippen LogP contribution < -0.4 is 4.74 Å². The van der Waals surface area contributed by atoms with Gasteiger partial charge in [0.05, 0.1) is 11.5 Å². The van der Waals surface area contributed by atoms with E-state index in [0.29, 0.717) is 12.2 Å². The molecule has 0 spiro atoms. The smallest absolute Gasteiger partial charge is 0.261 e. The second-order valence-corrected chi connectivity index (χ2v) is 9.78. The summed E-state index contributed by atoms with van der Waals surface area (Å²) in [7, 11) is 1.76. The summed E-state index contributed by atoms with van der Waals surface area (Å²) in [5.41, 5.74) is 1.24. The van der Waals surface area contributed by atoms with Crippen LogP contribution in [0.3, 0.4) is 0 Å². The van der Waals surface area contributed by atoms with E-state index >= 15 is 0 Å². The van der Waals surface area contributed by atoms with E-state index in [1.54, 1.807) is 19.1 Å². The lowest BCUT2D eigenvalue weighted by Gasteiger charge is -2.24. The highest BCUT2D eigenvalue weighted by Crippen LogP contribution is 2.36. The second-order valence-electron chi connectivity index (χ2n) is 5.85. The van der Waals surface area contributed by atoms with Gasteiger partial charge in [0.15, 0.2) is 0 Å². The van der Waals surface area contributed by atoms with Crippen molar-refractivity contribution in [2.75, 3.05) is 18.1 Å². The average Bonchev–Trinajstić information content (AvgIpc) is 2.31. The van der Waals surface area contributed by atoms with Crippen LogP contribution in [0.5, 0.6) is 5.75 Å². The maximum atomic E-state index is 11.7. The summed E-state index contributed by atoms with van der Waals surface area (Å²) in [6.45, 7) is 10.5. The normalized spacial score (nSPS) is 12.5. The lowest BCUT2D eigenvalue weighted by Crippen LogP contribution is -2.16. The fourth-order valence-electron chi connectivity index (χ4n) is 1.98. The Morgan fingerprint density at radius 1 is 1.29 bits per heavy atom. The molecule has 6 heteroatoms. The van der Waals surface area contributed by atoms with Gasteiger partial charge in [0.2, 0.25) is 0 Å². The Hall–Kier alpha value is -0.390. The Morgan fingerprint density at radius 2 is 1.90 bits per heavy atom. The minimum atomic E-state index is -3.75. The summed E-state index contributed by atoms with van der Waals surface area (Å²) in [6.07, 6.45) is 0. The second kappa shape index (κ2) is 7.25. The molecule has 0 fully saturated rings. The summed E-state index contributed by atoms with van der Waals surface area (Å²) in [5.74, 6) is 2.70. The molecule has 0 radical (unpaired) electrons. The van der Waals surface area contributed by atoms with E-state index in [2.05, 4.69) is 6.92 Å². The predicted octanol–water partition coefficient (Wildman–Crippen LogP) is 4.35. The van der Waals surface area contributed by atoms with Crippen molar-refractivity contribution in [3.05, 3.63) is 23.3 Å². The Labute approximate surface area is 136 Å². The summed E-state index contributed by atoms with van der Waals surface area (Å²) in [6, 6.07) is 3.41. The number of ether oxygens (including phenoxy) is 1. The molecule has 0 saturated carbocycles. The summed E-state index contributed by atoms with van der Waals surface area (Å²) >= 11 is 1.81. The summed E-state index contributed by atoms with van der Waals surface area (Å²) in [4.78, 5) is 0.157. The molecule has 0 amide bonds. The maximum absolute atomic E-state index is 11.7. The number of thioether (sulfide) groups is 1. The number of halogens is 1. The molecule has 120 valence electrons. The monoisotopic (exact) mass is 350 g/mol. The van der Waals surface area contributed by atoms with Crippen molar-refractivity contribution in [3.63, 3.8) is 0 Å². The SMILES string of the molecule is CCSCCOc1cc(C)c(S(=O)(=O)Cl)cc1C(C)(C)C. The van der Waals surface area contributed by atoms with Crippen LogP contribution >= 0.6 is 22.4 Å². The van der Waals surface area contributed by atoms with Crippen LogP contribution in [-0.4, -0.2) is 26.5 Å². The van der Waals surface area contributed by atoms with Crippen molar-refractivity contribution in [3.8, 4) is 5.75 Å². The summed E-state index contributed by atoms with van der Waals surface area (Å²) in [5, 5.41) is 0. The Kier molecular flexibility index (Phi) is 6.44. The van der Waals surface area contributed by atoms with Crippen molar-refractivity contribution in [2.45, 2.75) is 44.9 Å². The molecule has 0 aliphatic heterocycles. The van der Waals surface area contributed by atoms with Crippen molar-refractivity contribution in [2.24, 2.45) is 0 Å². The minimum Gasteiger partial charge on any atom is -0.492 e. The fourth-order valence-corrected chi connectivity index (χ4v) is 3.68. The first-order valence-electron chi connectivity index (χ1n) is 6.87. The summed E-state index contributed by atoms with van der Waals surface area (Å²) < 4.78 is 29.2. The number of benzene rings is 1. The molecule has 0 saturated heterocycles. The molecule has 1 rings (SSSR count). The molecule has 1 aromatic carbocycles. The number of hydrogen-bond donors (Lipinski definition) is 0. The molecule has 0 bridgehead atoms. The number of rotatable bonds is 6. The van der Waals surface area contributed by atoms with Crippen LogP contribution in [0.25, 0.3) is 0 Å². The predicted molar refractivity (Wildman–Crippen MR) is 91.4 cm³/mol. The van der Waals surface area contributed by atoms with Crippen LogP contribution in [-0.2, 0) is 14.5 Å². The first kappa shape index (κ1) is 18.7. The van der Waals surface area contributed by atoms with Crippen molar-refractivity contribution >= 4 is 31.5 Å². The third-order valence-corrected chi connectivity index (χ3v) is 5.36. The van der Waals surface area contributed by atoms with Crippen molar-refractivity contribution in [1.82, 2.24) is 0 Å². The van der Waals surface area contributed by atoms with E-state index in [1.807, 2.05) is 32.5 Å². The van der Waals surface area contributed by atoms with Gasteiger partial charge in [-0.1, -0.05) is 27.7 Å². The largest absolute Gasteiger partial charge is 0.492 e. The number of aryl methyl sites for hydroxylation is 1.